The summed E-state index contributed by atoms with van der Waals surface area (Å²) in [6, 6.07) is 10.3. The number of hydrogen-bond donors (Lipinski definition) is 2. The second-order valence-corrected chi connectivity index (χ2v) is 4.72. The van der Waals surface area contributed by atoms with E-state index in [1.165, 1.54) is 6.21 Å². The van der Waals surface area contributed by atoms with Crippen molar-refractivity contribution in [3.63, 3.8) is 0 Å². The van der Waals surface area contributed by atoms with Gasteiger partial charge in [-0.3, -0.25) is 5.43 Å². The van der Waals surface area contributed by atoms with E-state index in [-0.39, 0.29) is 5.75 Å². The number of nitrogens with one attached hydrogen (secondary N) is 1. The molecule has 4 nitrogen and oxygen atoms in total. The monoisotopic (exact) mass is 325 g/mol. The molecule has 0 saturated carbocycles. The maximum atomic E-state index is 9.60. The Labute approximate surface area is 117 Å². The molecule has 0 amide bonds. The van der Waals surface area contributed by atoms with Gasteiger partial charge in [-0.25, -0.2) is 4.98 Å². The highest BCUT2D eigenvalue weighted by Crippen LogP contribution is 2.20. The number of hydrogen-bond acceptors (Lipinski definition) is 4. The van der Waals surface area contributed by atoms with E-state index in [1.807, 2.05) is 0 Å². The van der Waals surface area contributed by atoms with E-state index in [2.05, 4.69) is 31.4 Å². The Hall–Kier alpha value is -1.59. The van der Waals surface area contributed by atoms with Crippen molar-refractivity contribution in [1.29, 1.82) is 0 Å². The van der Waals surface area contributed by atoms with Crippen molar-refractivity contribution >= 4 is 39.6 Å². The number of phenols is 1. The second kappa shape index (κ2) is 5.84. The number of aromatic nitrogens is 1. The largest absolute Gasteiger partial charge is 0.507 e. The normalized spacial score (nSPS) is 10.8. The molecule has 18 heavy (non-hydrogen) atoms. The van der Waals surface area contributed by atoms with Crippen LogP contribution in [0.1, 0.15) is 5.56 Å². The highest BCUT2D eigenvalue weighted by Gasteiger charge is 1.98. The molecule has 1 aromatic carbocycles. The van der Waals surface area contributed by atoms with Crippen LogP contribution in [0.5, 0.6) is 5.75 Å². The molecule has 1 heterocycles. The molecule has 1 aromatic heterocycles. The average Bonchev–Trinajstić information content (AvgIpc) is 2.34. The van der Waals surface area contributed by atoms with Crippen molar-refractivity contribution in [2.45, 2.75) is 0 Å². The Bertz CT molecular complexity index is 589. The number of anilines is 1. The Morgan fingerprint density at radius 3 is 2.94 bits per heavy atom. The van der Waals surface area contributed by atoms with Crippen LogP contribution in [0, 0.1) is 0 Å². The fourth-order valence-electron chi connectivity index (χ4n) is 1.27. The van der Waals surface area contributed by atoms with Crippen molar-refractivity contribution in [3.05, 3.63) is 51.6 Å². The third kappa shape index (κ3) is 3.45. The first-order valence-corrected chi connectivity index (χ1v) is 6.22. The molecule has 2 N–H and O–H groups in total. The van der Waals surface area contributed by atoms with E-state index in [1.54, 1.807) is 36.4 Å². The fraction of sp³-hybridized carbons (Fsp3) is 0. The standard InChI is InChI=1S/C12H9BrClN3O/c13-9-4-5-10(18)8(6-9)7-15-17-12-3-1-2-11(14)16-12/h1-7,18H,(H,16,17)/b15-7-. The Balaban J connectivity index is 2.10. The summed E-state index contributed by atoms with van der Waals surface area (Å²) in [5.74, 6) is 0.691. The van der Waals surface area contributed by atoms with E-state index in [0.29, 0.717) is 16.5 Å². The van der Waals surface area contributed by atoms with Gasteiger partial charge in [0, 0.05) is 10.0 Å². The third-order valence-corrected chi connectivity index (χ3v) is 2.79. The van der Waals surface area contributed by atoms with Gasteiger partial charge < -0.3 is 5.11 Å². The Kier molecular flexibility index (Phi) is 4.17. The first-order chi connectivity index (χ1) is 8.65. The first kappa shape index (κ1) is 12.9. The minimum absolute atomic E-state index is 0.155. The molecule has 0 fully saturated rings. The predicted octanol–water partition coefficient (Wildman–Crippen LogP) is 3.65. The maximum absolute atomic E-state index is 9.60. The lowest BCUT2D eigenvalue weighted by atomic mass is 10.2. The van der Waals surface area contributed by atoms with Gasteiger partial charge in [-0.05, 0) is 30.3 Å². The lowest BCUT2D eigenvalue weighted by Crippen LogP contribution is -1.93. The van der Waals surface area contributed by atoms with Gasteiger partial charge >= 0.3 is 0 Å². The van der Waals surface area contributed by atoms with Crippen molar-refractivity contribution in [3.8, 4) is 5.75 Å². The Morgan fingerprint density at radius 1 is 1.33 bits per heavy atom. The average molecular weight is 327 g/mol. The van der Waals surface area contributed by atoms with Crippen LogP contribution in [0.25, 0.3) is 0 Å². The number of benzene rings is 1. The van der Waals surface area contributed by atoms with Gasteiger partial charge in [0.15, 0.2) is 0 Å². The summed E-state index contributed by atoms with van der Waals surface area (Å²) in [6.45, 7) is 0. The molecule has 0 bridgehead atoms. The summed E-state index contributed by atoms with van der Waals surface area (Å²) in [6.07, 6.45) is 1.50. The third-order valence-electron chi connectivity index (χ3n) is 2.09. The topological polar surface area (TPSA) is 57.5 Å². The molecule has 0 atom stereocenters. The van der Waals surface area contributed by atoms with Crippen LogP contribution in [-0.4, -0.2) is 16.3 Å². The maximum Gasteiger partial charge on any atom is 0.147 e. The number of phenolic OH excluding ortho intramolecular Hbond substituents is 1. The zero-order valence-corrected chi connectivity index (χ0v) is 11.5. The van der Waals surface area contributed by atoms with Crippen LogP contribution in [-0.2, 0) is 0 Å². The number of rotatable bonds is 3. The zero-order valence-electron chi connectivity index (χ0n) is 9.14. The van der Waals surface area contributed by atoms with Crippen LogP contribution in [0.2, 0.25) is 5.15 Å². The number of aromatic hydroxyl groups is 1. The van der Waals surface area contributed by atoms with Crippen LogP contribution in [0.3, 0.4) is 0 Å². The minimum atomic E-state index is 0.155. The lowest BCUT2D eigenvalue weighted by molar-refractivity contribution is 0.474. The van der Waals surface area contributed by atoms with Crippen LogP contribution < -0.4 is 5.43 Å². The van der Waals surface area contributed by atoms with Gasteiger partial charge in [-0.1, -0.05) is 33.6 Å². The van der Waals surface area contributed by atoms with Crippen molar-refractivity contribution in [2.75, 3.05) is 5.43 Å². The van der Waals surface area contributed by atoms with E-state index in [0.717, 1.165) is 4.47 Å². The molecule has 2 rings (SSSR count). The molecule has 0 radical (unpaired) electrons. The summed E-state index contributed by atoms with van der Waals surface area (Å²) in [5, 5.41) is 14.0. The molecular weight excluding hydrogens is 318 g/mol. The van der Waals surface area contributed by atoms with E-state index < -0.39 is 0 Å². The van der Waals surface area contributed by atoms with Gasteiger partial charge in [-0.15, -0.1) is 0 Å². The fourth-order valence-corrected chi connectivity index (χ4v) is 1.81. The summed E-state index contributed by atoms with van der Waals surface area (Å²) >= 11 is 9.06. The first-order valence-electron chi connectivity index (χ1n) is 5.05. The number of nitrogens with zero attached hydrogens (tertiary/aromatic N) is 2. The molecule has 0 aliphatic heterocycles. The molecule has 0 unspecified atom stereocenters. The van der Waals surface area contributed by atoms with Gasteiger partial charge in [0.2, 0.25) is 0 Å². The van der Waals surface area contributed by atoms with Crippen molar-refractivity contribution < 1.29 is 5.11 Å². The molecule has 6 heteroatoms. The number of pyridine rings is 1. The summed E-state index contributed by atoms with van der Waals surface area (Å²) in [4.78, 5) is 4.01. The molecule has 0 aliphatic carbocycles. The summed E-state index contributed by atoms with van der Waals surface area (Å²) < 4.78 is 0.864. The molecule has 0 saturated heterocycles. The Morgan fingerprint density at radius 2 is 2.17 bits per heavy atom. The predicted molar refractivity (Wildman–Crippen MR) is 76.3 cm³/mol. The smallest absolute Gasteiger partial charge is 0.147 e. The molecular formula is C12H9BrClN3O. The summed E-state index contributed by atoms with van der Waals surface area (Å²) in [7, 11) is 0. The SMILES string of the molecule is Oc1ccc(Br)cc1/C=N\Nc1cccc(Cl)n1. The van der Waals surface area contributed by atoms with E-state index >= 15 is 0 Å². The van der Waals surface area contributed by atoms with Gasteiger partial charge in [0.25, 0.3) is 0 Å². The molecule has 0 spiro atoms. The van der Waals surface area contributed by atoms with Gasteiger partial charge in [0.1, 0.15) is 16.7 Å². The second-order valence-electron chi connectivity index (χ2n) is 3.42. The highest BCUT2D eigenvalue weighted by atomic mass is 79.9. The minimum Gasteiger partial charge on any atom is -0.507 e. The summed E-state index contributed by atoms with van der Waals surface area (Å²) in [5.41, 5.74) is 3.32. The van der Waals surface area contributed by atoms with Crippen molar-refractivity contribution in [2.24, 2.45) is 5.10 Å². The van der Waals surface area contributed by atoms with E-state index in [9.17, 15) is 5.11 Å². The van der Waals surface area contributed by atoms with E-state index in [4.69, 9.17) is 11.6 Å². The lowest BCUT2D eigenvalue weighted by Gasteiger charge is -2.01. The molecule has 92 valence electrons. The quantitative estimate of drug-likeness (QED) is 0.514. The molecule has 2 aromatic rings. The van der Waals surface area contributed by atoms with Crippen molar-refractivity contribution in [1.82, 2.24) is 4.98 Å². The number of halogens is 2. The number of hydrazone groups is 1. The van der Waals surface area contributed by atoms with Crippen LogP contribution >= 0.6 is 27.5 Å². The van der Waals surface area contributed by atoms with Crippen LogP contribution in [0.15, 0.2) is 46.0 Å². The van der Waals surface area contributed by atoms with Gasteiger partial charge in [0.05, 0.1) is 6.21 Å². The van der Waals surface area contributed by atoms with Gasteiger partial charge in [-0.2, -0.15) is 5.10 Å². The zero-order chi connectivity index (χ0) is 13.0. The highest BCUT2D eigenvalue weighted by molar-refractivity contribution is 9.10. The molecule has 0 aliphatic rings. The van der Waals surface area contributed by atoms with Crippen LogP contribution in [0.4, 0.5) is 5.82 Å².